The van der Waals surface area contributed by atoms with E-state index in [2.05, 4.69) is 5.16 Å². The van der Waals surface area contributed by atoms with Crippen LogP contribution in [-0.4, -0.2) is 32.7 Å². The van der Waals surface area contributed by atoms with Gasteiger partial charge in [0.15, 0.2) is 5.76 Å². The molecule has 1 aromatic heterocycles. The number of phenols is 2. The molecule has 28 heavy (non-hydrogen) atoms. The maximum atomic E-state index is 12.9. The first-order valence-corrected chi connectivity index (χ1v) is 8.86. The lowest BCUT2D eigenvalue weighted by atomic mass is 10.00. The molecule has 8 nitrogen and oxygen atoms in total. The highest BCUT2D eigenvalue weighted by Gasteiger charge is 2.29. The number of anilines is 2. The Labute approximate surface area is 164 Å². The number of carbonyl (C=O) groups is 1. The zero-order valence-corrected chi connectivity index (χ0v) is 15.4. The largest absolute Gasteiger partial charge is 0.507 e. The average molecular weight is 401 g/mol. The topological polar surface area (TPSA) is 139 Å². The summed E-state index contributed by atoms with van der Waals surface area (Å²) in [6.07, 6.45) is 0.502. The van der Waals surface area contributed by atoms with Gasteiger partial charge in [-0.05, 0) is 24.3 Å². The van der Waals surface area contributed by atoms with E-state index in [0.29, 0.717) is 52.5 Å². The van der Waals surface area contributed by atoms with Crippen molar-refractivity contribution >= 4 is 28.9 Å². The third kappa shape index (κ3) is 2.97. The molecule has 0 saturated carbocycles. The third-order valence-electron chi connectivity index (χ3n) is 4.77. The quantitative estimate of drug-likeness (QED) is 0.485. The molecule has 1 amide bonds. The molecule has 0 saturated heterocycles. The Morgan fingerprint density at radius 1 is 1.14 bits per heavy atom. The fraction of sp³-hybridized carbons (Fsp3) is 0.158. The average Bonchev–Trinajstić information content (AvgIpc) is 3.09. The minimum Gasteiger partial charge on any atom is -0.507 e. The predicted molar refractivity (Wildman–Crippen MR) is 104 cm³/mol. The second kappa shape index (κ2) is 6.65. The van der Waals surface area contributed by atoms with Crippen LogP contribution >= 0.6 is 11.6 Å². The Hall–Kier alpha value is -3.39. The maximum Gasteiger partial charge on any atom is 0.254 e. The zero-order chi connectivity index (χ0) is 20.0. The monoisotopic (exact) mass is 400 g/mol. The van der Waals surface area contributed by atoms with Gasteiger partial charge in [-0.15, -0.1) is 0 Å². The number of hydrogen-bond acceptors (Lipinski definition) is 7. The Kier molecular flexibility index (Phi) is 4.27. The summed E-state index contributed by atoms with van der Waals surface area (Å²) in [4.78, 5) is 14.5. The van der Waals surface area contributed by atoms with Crippen molar-refractivity contribution in [3.05, 3.63) is 52.2 Å². The molecular formula is C19H17ClN4O4. The Balaban J connectivity index is 1.67. The lowest BCUT2D eigenvalue weighted by Gasteiger charge is -2.26. The predicted octanol–water partition coefficient (Wildman–Crippen LogP) is 2.77. The number of carbonyl (C=O) groups excluding carboxylic acids is 1. The summed E-state index contributed by atoms with van der Waals surface area (Å²) in [5.74, 6) is -0.328. The number of nitrogens with two attached hydrogens (primary N) is 2. The Morgan fingerprint density at radius 3 is 2.68 bits per heavy atom. The molecule has 4 rings (SSSR count). The second-order valence-corrected chi connectivity index (χ2v) is 6.99. The van der Waals surface area contributed by atoms with Crippen LogP contribution in [0.15, 0.2) is 34.9 Å². The van der Waals surface area contributed by atoms with E-state index in [1.165, 1.54) is 6.07 Å². The van der Waals surface area contributed by atoms with Crippen molar-refractivity contribution < 1.29 is 19.5 Å². The van der Waals surface area contributed by atoms with E-state index in [1.54, 1.807) is 23.1 Å². The van der Waals surface area contributed by atoms with Crippen molar-refractivity contribution in [2.24, 2.45) is 0 Å². The van der Waals surface area contributed by atoms with E-state index < -0.39 is 0 Å². The van der Waals surface area contributed by atoms with Gasteiger partial charge < -0.3 is 31.1 Å². The summed E-state index contributed by atoms with van der Waals surface area (Å²) in [6, 6.07) is 7.31. The maximum absolute atomic E-state index is 12.9. The van der Waals surface area contributed by atoms with Crippen LogP contribution in [-0.2, 0) is 13.0 Å². The standard InChI is InChI=1S/C19H17ClN4O4/c20-12-6-10(16(25)7-17(12)26)18-11-8-24(4-3-15(11)23-28-18)19(27)9-1-2-13(21)14(22)5-9/h1-2,5-7,25-26H,3-4,8,21-22H2. The van der Waals surface area contributed by atoms with E-state index in [4.69, 9.17) is 27.6 Å². The molecule has 0 bridgehead atoms. The zero-order valence-electron chi connectivity index (χ0n) is 14.6. The molecule has 0 radical (unpaired) electrons. The van der Waals surface area contributed by atoms with Gasteiger partial charge in [-0.3, -0.25) is 4.79 Å². The van der Waals surface area contributed by atoms with Gasteiger partial charge in [-0.1, -0.05) is 16.8 Å². The molecule has 2 aromatic carbocycles. The molecule has 6 N–H and O–H groups in total. The van der Waals surface area contributed by atoms with Crippen LogP contribution in [0.5, 0.6) is 11.5 Å². The van der Waals surface area contributed by atoms with Crippen LogP contribution in [0.4, 0.5) is 11.4 Å². The third-order valence-corrected chi connectivity index (χ3v) is 5.07. The molecule has 144 valence electrons. The molecule has 3 aromatic rings. The summed E-state index contributed by atoms with van der Waals surface area (Å²) in [6.45, 7) is 0.708. The molecule has 9 heteroatoms. The number of rotatable bonds is 2. The molecule has 0 fully saturated rings. The van der Waals surface area contributed by atoms with Gasteiger partial charge in [0.25, 0.3) is 5.91 Å². The van der Waals surface area contributed by atoms with Gasteiger partial charge in [-0.25, -0.2) is 0 Å². The lowest BCUT2D eigenvalue weighted by Crippen LogP contribution is -2.36. The molecule has 1 aliphatic rings. The molecule has 0 unspecified atom stereocenters. The number of amides is 1. The van der Waals surface area contributed by atoms with Gasteiger partial charge in [0.05, 0.1) is 34.2 Å². The number of aromatic hydroxyl groups is 2. The first-order chi connectivity index (χ1) is 13.3. The van der Waals surface area contributed by atoms with Crippen LogP contribution in [0.25, 0.3) is 11.3 Å². The molecule has 0 aliphatic carbocycles. The highest BCUT2D eigenvalue weighted by atomic mass is 35.5. The first kappa shape index (κ1) is 18.0. The Bertz CT molecular complexity index is 1100. The van der Waals surface area contributed by atoms with E-state index in [9.17, 15) is 15.0 Å². The molecule has 0 atom stereocenters. The normalized spacial score (nSPS) is 13.4. The fourth-order valence-corrected chi connectivity index (χ4v) is 3.38. The van der Waals surface area contributed by atoms with Crippen LogP contribution in [0, 0.1) is 0 Å². The summed E-state index contributed by atoms with van der Waals surface area (Å²) >= 11 is 5.96. The fourth-order valence-electron chi connectivity index (χ4n) is 3.22. The summed E-state index contributed by atoms with van der Waals surface area (Å²) in [7, 11) is 0. The number of phenolic OH excluding ortho intramolecular Hbond substituents is 2. The van der Waals surface area contributed by atoms with Gasteiger partial charge >= 0.3 is 0 Å². The number of hydrogen-bond donors (Lipinski definition) is 4. The first-order valence-electron chi connectivity index (χ1n) is 8.48. The second-order valence-electron chi connectivity index (χ2n) is 6.58. The van der Waals surface area contributed by atoms with Crippen molar-refractivity contribution in [3.8, 4) is 22.8 Å². The van der Waals surface area contributed by atoms with E-state index in [-0.39, 0.29) is 29.0 Å². The highest BCUT2D eigenvalue weighted by molar-refractivity contribution is 6.32. The summed E-state index contributed by atoms with van der Waals surface area (Å²) in [5.41, 5.74) is 14.4. The van der Waals surface area contributed by atoms with E-state index >= 15 is 0 Å². The molecule has 0 spiro atoms. The van der Waals surface area contributed by atoms with E-state index in [1.807, 2.05) is 0 Å². The van der Waals surface area contributed by atoms with Gasteiger partial charge in [0.2, 0.25) is 0 Å². The van der Waals surface area contributed by atoms with Crippen molar-refractivity contribution in [1.82, 2.24) is 10.1 Å². The Morgan fingerprint density at radius 2 is 1.93 bits per heavy atom. The minimum absolute atomic E-state index is 0.0686. The van der Waals surface area contributed by atoms with Crippen LogP contribution < -0.4 is 11.5 Å². The number of fused-ring (bicyclic) bond motifs is 1. The van der Waals surface area contributed by atoms with Crippen LogP contribution in [0.2, 0.25) is 5.02 Å². The summed E-state index contributed by atoms with van der Waals surface area (Å²) < 4.78 is 5.42. The lowest BCUT2D eigenvalue weighted by molar-refractivity contribution is 0.0734. The molecular weight excluding hydrogens is 384 g/mol. The SMILES string of the molecule is Nc1ccc(C(=O)N2CCc3noc(-c4cc(Cl)c(O)cc4O)c3C2)cc1N. The highest BCUT2D eigenvalue weighted by Crippen LogP contribution is 2.40. The van der Waals surface area contributed by atoms with Crippen molar-refractivity contribution in [2.45, 2.75) is 13.0 Å². The van der Waals surface area contributed by atoms with Gasteiger partial charge in [0.1, 0.15) is 11.5 Å². The minimum atomic E-state index is -0.242. The number of benzene rings is 2. The molecule has 1 aliphatic heterocycles. The number of nitrogens with zero attached hydrogens (tertiary/aromatic N) is 2. The number of halogens is 1. The number of nitrogen functional groups attached to an aromatic ring is 2. The summed E-state index contributed by atoms with van der Waals surface area (Å²) in [5, 5.41) is 23.9. The van der Waals surface area contributed by atoms with Gasteiger partial charge in [0, 0.05) is 30.2 Å². The smallest absolute Gasteiger partial charge is 0.254 e. The van der Waals surface area contributed by atoms with Crippen LogP contribution in [0.3, 0.4) is 0 Å². The van der Waals surface area contributed by atoms with Crippen molar-refractivity contribution in [1.29, 1.82) is 0 Å². The van der Waals surface area contributed by atoms with Crippen molar-refractivity contribution in [3.63, 3.8) is 0 Å². The van der Waals surface area contributed by atoms with Crippen molar-refractivity contribution in [2.75, 3.05) is 18.0 Å². The van der Waals surface area contributed by atoms with E-state index in [0.717, 1.165) is 6.07 Å². The van der Waals surface area contributed by atoms with Crippen LogP contribution in [0.1, 0.15) is 21.6 Å². The van der Waals surface area contributed by atoms with Gasteiger partial charge in [-0.2, -0.15) is 0 Å². The molecule has 2 heterocycles. The number of aromatic nitrogens is 1.